The lowest BCUT2D eigenvalue weighted by atomic mass is 10.0. The summed E-state index contributed by atoms with van der Waals surface area (Å²) in [5.41, 5.74) is -4.13. The lowest BCUT2D eigenvalue weighted by Crippen LogP contribution is -2.44. The van der Waals surface area contributed by atoms with Crippen LogP contribution in [-0.2, 0) is 0 Å². The van der Waals surface area contributed by atoms with E-state index in [4.69, 9.17) is 0 Å². The number of benzene rings is 1. The number of nitro groups is 2. The van der Waals surface area contributed by atoms with Crippen LogP contribution in [0.2, 0.25) is 0 Å². The van der Waals surface area contributed by atoms with E-state index in [0.717, 1.165) is 0 Å². The number of Topliss-reactive ketones (excluding diaryl/α,β-unsaturated/α-hetero) is 1. The Balaban J connectivity index is 3.53. The Morgan fingerprint density at radius 3 is 1.90 bits per heavy atom. The van der Waals surface area contributed by atoms with Gasteiger partial charge >= 0.3 is 12.1 Å². The molecule has 0 N–H and O–H groups in total. The maximum absolute atomic E-state index is 12.9. The number of alkyl halides is 5. The van der Waals surface area contributed by atoms with Crippen LogP contribution < -0.4 is 0 Å². The molecule has 0 aromatic heterocycles. The molecule has 0 spiro atoms. The fraction of sp³-hybridized carbons (Fsp3) is 0.222. The molecule has 1 aromatic rings. The Kier molecular flexibility index (Phi) is 3.93. The molecule has 0 aliphatic carbocycles. The number of nitro benzene ring substituents is 2. The predicted molar refractivity (Wildman–Crippen MR) is 55.1 cm³/mol. The van der Waals surface area contributed by atoms with Crippen molar-refractivity contribution in [1.29, 1.82) is 0 Å². The number of hydrogen-bond donors (Lipinski definition) is 0. The number of non-ortho nitro benzene ring substituents is 1. The second-order valence-electron chi connectivity index (χ2n) is 3.62. The first kappa shape index (κ1) is 16.4. The number of halogens is 5. The molecule has 0 atom stereocenters. The quantitative estimate of drug-likeness (QED) is 0.368. The number of nitrogens with zero attached hydrogens (tertiary/aromatic N) is 2. The van der Waals surface area contributed by atoms with Gasteiger partial charge in [-0.15, -0.1) is 0 Å². The Hall–Kier alpha value is -2.66. The van der Waals surface area contributed by atoms with E-state index >= 15 is 0 Å². The van der Waals surface area contributed by atoms with Crippen LogP contribution in [0.1, 0.15) is 10.4 Å². The Morgan fingerprint density at radius 1 is 1.00 bits per heavy atom. The highest BCUT2D eigenvalue weighted by Crippen LogP contribution is 2.40. The predicted octanol–water partition coefficient (Wildman–Crippen LogP) is 2.88. The van der Waals surface area contributed by atoms with Crippen molar-refractivity contribution in [2.45, 2.75) is 12.1 Å². The number of ketones is 1. The molecular weight excluding hydrogens is 311 g/mol. The minimum absolute atomic E-state index is 0.000116. The first-order valence-electron chi connectivity index (χ1n) is 4.81. The third-order valence-corrected chi connectivity index (χ3v) is 2.27. The van der Waals surface area contributed by atoms with Gasteiger partial charge in [0, 0.05) is 18.2 Å². The lowest BCUT2D eigenvalue weighted by molar-refractivity contribution is -0.389. The molecule has 0 bridgehead atoms. The molecule has 114 valence electrons. The number of carbonyl (C=O) groups excluding carboxylic acids is 1. The highest BCUT2D eigenvalue weighted by Gasteiger charge is 2.64. The zero-order valence-electron chi connectivity index (χ0n) is 9.56. The summed E-state index contributed by atoms with van der Waals surface area (Å²) in [6.07, 6.45) is -6.29. The Labute approximate surface area is 111 Å². The van der Waals surface area contributed by atoms with Crippen LogP contribution in [0, 0.1) is 20.2 Å². The van der Waals surface area contributed by atoms with Gasteiger partial charge < -0.3 is 0 Å². The fourth-order valence-electron chi connectivity index (χ4n) is 1.28. The molecule has 1 rings (SSSR count). The molecule has 21 heavy (non-hydrogen) atoms. The number of rotatable bonds is 4. The summed E-state index contributed by atoms with van der Waals surface area (Å²) in [5, 5.41) is 21.0. The topological polar surface area (TPSA) is 103 Å². The zero-order chi connectivity index (χ0) is 16.6. The largest absolute Gasteiger partial charge is 0.461 e. The molecule has 1 aromatic carbocycles. The van der Waals surface area contributed by atoms with Gasteiger partial charge in [0.05, 0.1) is 9.85 Å². The van der Waals surface area contributed by atoms with Crippen LogP contribution in [0.3, 0.4) is 0 Å². The summed E-state index contributed by atoms with van der Waals surface area (Å²) in [4.78, 5) is 29.6. The van der Waals surface area contributed by atoms with Crippen LogP contribution in [0.25, 0.3) is 0 Å². The molecule has 0 radical (unpaired) electrons. The maximum atomic E-state index is 12.9. The molecule has 0 saturated carbocycles. The molecular formula is C9H3F5N2O5. The molecule has 0 aliphatic heterocycles. The average Bonchev–Trinajstić information content (AvgIpc) is 2.35. The van der Waals surface area contributed by atoms with E-state index in [0.29, 0.717) is 12.1 Å². The van der Waals surface area contributed by atoms with Gasteiger partial charge in [-0.2, -0.15) is 22.0 Å². The third kappa shape index (κ3) is 2.93. The van der Waals surface area contributed by atoms with Crippen molar-refractivity contribution in [2.24, 2.45) is 0 Å². The van der Waals surface area contributed by atoms with E-state index in [1.165, 1.54) is 0 Å². The second-order valence-corrected chi connectivity index (χ2v) is 3.62. The standard InChI is InChI=1S/C9H3F5N2O5/c10-8(11,9(12,13)14)7(17)5-3-4(15(18)19)1-2-6(5)16(20)21/h1-3H. The Bertz CT molecular complexity index is 627. The first-order valence-corrected chi connectivity index (χ1v) is 4.81. The van der Waals surface area contributed by atoms with Crippen molar-refractivity contribution in [3.05, 3.63) is 44.0 Å². The lowest BCUT2D eigenvalue weighted by Gasteiger charge is -2.17. The van der Waals surface area contributed by atoms with Crippen LogP contribution in [0.5, 0.6) is 0 Å². The van der Waals surface area contributed by atoms with Crippen molar-refractivity contribution in [2.75, 3.05) is 0 Å². The van der Waals surface area contributed by atoms with Gasteiger partial charge in [0.1, 0.15) is 5.56 Å². The fourth-order valence-corrected chi connectivity index (χ4v) is 1.28. The zero-order valence-corrected chi connectivity index (χ0v) is 9.56. The van der Waals surface area contributed by atoms with Crippen molar-refractivity contribution in [1.82, 2.24) is 0 Å². The van der Waals surface area contributed by atoms with E-state index in [9.17, 15) is 47.0 Å². The van der Waals surface area contributed by atoms with Crippen molar-refractivity contribution in [3.63, 3.8) is 0 Å². The van der Waals surface area contributed by atoms with Gasteiger partial charge in [-0.3, -0.25) is 25.0 Å². The summed E-state index contributed by atoms with van der Waals surface area (Å²) in [5.74, 6) is -8.85. The van der Waals surface area contributed by atoms with E-state index in [-0.39, 0.29) is 6.07 Å². The van der Waals surface area contributed by atoms with Gasteiger partial charge in [-0.25, -0.2) is 0 Å². The van der Waals surface area contributed by atoms with Crippen LogP contribution >= 0.6 is 0 Å². The van der Waals surface area contributed by atoms with Gasteiger partial charge in [0.25, 0.3) is 11.4 Å². The minimum Gasteiger partial charge on any atom is -0.287 e. The Morgan fingerprint density at radius 2 is 1.52 bits per heavy atom. The van der Waals surface area contributed by atoms with E-state index in [1.54, 1.807) is 0 Å². The average molecular weight is 314 g/mol. The molecule has 7 nitrogen and oxygen atoms in total. The van der Waals surface area contributed by atoms with E-state index in [2.05, 4.69) is 0 Å². The molecule has 0 aliphatic rings. The van der Waals surface area contributed by atoms with Crippen LogP contribution in [-0.4, -0.2) is 27.7 Å². The summed E-state index contributed by atoms with van der Waals surface area (Å²) < 4.78 is 62.1. The molecule has 0 amide bonds. The van der Waals surface area contributed by atoms with Gasteiger partial charge in [-0.1, -0.05) is 0 Å². The normalized spacial score (nSPS) is 12.0. The summed E-state index contributed by atoms with van der Waals surface area (Å²) in [7, 11) is 0. The molecule has 0 unspecified atom stereocenters. The molecule has 0 heterocycles. The molecule has 0 fully saturated rings. The van der Waals surface area contributed by atoms with Crippen LogP contribution in [0.15, 0.2) is 18.2 Å². The van der Waals surface area contributed by atoms with Gasteiger partial charge in [0.2, 0.25) is 5.78 Å². The summed E-state index contributed by atoms with van der Waals surface area (Å²) in [6, 6.07) is 0.804. The maximum Gasteiger partial charge on any atom is 0.461 e. The van der Waals surface area contributed by atoms with E-state index in [1.807, 2.05) is 0 Å². The van der Waals surface area contributed by atoms with E-state index < -0.39 is 44.7 Å². The first-order chi connectivity index (χ1) is 9.39. The van der Waals surface area contributed by atoms with Crippen LogP contribution in [0.4, 0.5) is 33.3 Å². The van der Waals surface area contributed by atoms with Gasteiger partial charge in [-0.05, 0) is 0 Å². The molecule has 0 saturated heterocycles. The summed E-state index contributed by atoms with van der Waals surface area (Å²) in [6.45, 7) is 0. The number of carbonyl (C=O) groups is 1. The highest BCUT2D eigenvalue weighted by atomic mass is 19.4. The summed E-state index contributed by atoms with van der Waals surface area (Å²) >= 11 is 0. The van der Waals surface area contributed by atoms with Crippen molar-refractivity contribution >= 4 is 17.2 Å². The van der Waals surface area contributed by atoms with Crippen molar-refractivity contribution < 1.29 is 36.6 Å². The molecule has 12 heteroatoms. The van der Waals surface area contributed by atoms with Crippen molar-refractivity contribution in [3.8, 4) is 0 Å². The third-order valence-electron chi connectivity index (χ3n) is 2.27. The second kappa shape index (κ2) is 5.03. The monoisotopic (exact) mass is 314 g/mol. The minimum atomic E-state index is -6.29. The number of hydrogen-bond acceptors (Lipinski definition) is 5. The SMILES string of the molecule is O=C(c1cc([N+](=O)[O-])ccc1[N+](=O)[O-])C(F)(F)C(F)(F)F. The smallest absolute Gasteiger partial charge is 0.287 e. The van der Waals surface area contributed by atoms with Gasteiger partial charge in [0.15, 0.2) is 0 Å². The highest BCUT2D eigenvalue weighted by molar-refractivity contribution is 6.05.